The molecule has 1 atom stereocenters. The first-order valence-electron chi connectivity index (χ1n) is 7.46. The first-order valence-corrected chi connectivity index (χ1v) is 7.46. The highest BCUT2D eigenvalue weighted by molar-refractivity contribution is 6.07. The van der Waals surface area contributed by atoms with Crippen LogP contribution >= 0.6 is 0 Å². The van der Waals surface area contributed by atoms with Gasteiger partial charge in [0, 0.05) is 29.4 Å². The summed E-state index contributed by atoms with van der Waals surface area (Å²) >= 11 is 0. The topological polar surface area (TPSA) is 59.0 Å². The fourth-order valence-corrected chi connectivity index (χ4v) is 2.84. The third-order valence-electron chi connectivity index (χ3n) is 4.06. The summed E-state index contributed by atoms with van der Waals surface area (Å²) in [5.41, 5.74) is 2.02. The van der Waals surface area contributed by atoms with E-state index in [1.54, 1.807) is 37.3 Å². The lowest BCUT2D eigenvalue weighted by Gasteiger charge is -2.32. The minimum absolute atomic E-state index is 0.137. The van der Waals surface area contributed by atoms with E-state index in [1.807, 2.05) is 24.3 Å². The number of anilines is 1. The van der Waals surface area contributed by atoms with Gasteiger partial charge in [-0.25, -0.2) is 0 Å². The number of hydrogen-bond donors (Lipinski definition) is 1. The molecule has 3 rings (SSSR count). The molecule has 1 unspecified atom stereocenters. The molecule has 2 aromatic rings. The highest BCUT2D eigenvalue weighted by Crippen LogP contribution is 2.35. The smallest absolute Gasteiger partial charge is 0.258 e. The molecular weight excluding hydrogens is 294 g/mol. The van der Waals surface area contributed by atoms with Gasteiger partial charge in [0.1, 0.15) is 11.5 Å². The summed E-state index contributed by atoms with van der Waals surface area (Å²) in [4.78, 5) is 14.6. The van der Waals surface area contributed by atoms with E-state index in [2.05, 4.69) is 0 Å². The fourth-order valence-electron chi connectivity index (χ4n) is 2.84. The molecule has 2 aromatic carbocycles. The third kappa shape index (κ3) is 2.87. The van der Waals surface area contributed by atoms with Crippen molar-refractivity contribution in [3.8, 4) is 11.5 Å². The Morgan fingerprint density at radius 1 is 1.13 bits per heavy atom. The number of carbonyl (C=O) groups excluding carboxylic acids is 1. The van der Waals surface area contributed by atoms with Crippen LogP contribution in [0.5, 0.6) is 11.5 Å². The number of carbonyl (C=O) groups is 1. The van der Waals surface area contributed by atoms with Crippen LogP contribution in [-0.2, 0) is 0 Å². The number of aliphatic hydroxyl groups excluding tert-OH is 1. The molecule has 0 bridgehead atoms. The predicted octanol–water partition coefficient (Wildman–Crippen LogP) is 2.79. The van der Waals surface area contributed by atoms with Gasteiger partial charge in [-0.3, -0.25) is 4.79 Å². The number of methoxy groups -OCH3 is 2. The van der Waals surface area contributed by atoms with Crippen LogP contribution in [0.3, 0.4) is 0 Å². The summed E-state index contributed by atoms with van der Waals surface area (Å²) in [6, 6.07) is 12.5. The van der Waals surface area contributed by atoms with Gasteiger partial charge in [-0.1, -0.05) is 18.2 Å². The summed E-state index contributed by atoms with van der Waals surface area (Å²) in [6.07, 6.45) is -0.0146. The van der Waals surface area contributed by atoms with Crippen LogP contribution in [0.15, 0.2) is 42.5 Å². The van der Waals surface area contributed by atoms with Crippen LogP contribution in [0.25, 0.3) is 0 Å². The third-order valence-corrected chi connectivity index (χ3v) is 4.06. The second kappa shape index (κ2) is 6.30. The Balaban J connectivity index is 2.00. The van der Waals surface area contributed by atoms with Gasteiger partial charge in [0.2, 0.25) is 0 Å². The number of aliphatic hydroxyl groups is 1. The van der Waals surface area contributed by atoms with Crippen LogP contribution in [0.2, 0.25) is 0 Å². The molecule has 1 aliphatic rings. The fraction of sp³-hybridized carbons (Fsp3) is 0.278. The lowest BCUT2D eigenvalue weighted by Crippen LogP contribution is -2.36. The Hall–Kier alpha value is -2.53. The van der Waals surface area contributed by atoms with Crippen molar-refractivity contribution in [3.05, 3.63) is 53.6 Å². The van der Waals surface area contributed by atoms with Crippen molar-refractivity contribution in [3.63, 3.8) is 0 Å². The van der Waals surface area contributed by atoms with Crippen molar-refractivity contribution >= 4 is 11.6 Å². The lowest BCUT2D eigenvalue weighted by atomic mass is 9.98. The number of fused-ring (bicyclic) bond motifs is 1. The summed E-state index contributed by atoms with van der Waals surface area (Å²) in [7, 11) is 3.10. The number of para-hydroxylation sites is 1. The Kier molecular flexibility index (Phi) is 4.21. The average Bonchev–Trinajstić information content (AvgIpc) is 2.61. The van der Waals surface area contributed by atoms with Crippen molar-refractivity contribution < 1.29 is 19.4 Å². The molecule has 1 N–H and O–H groups in total. The number of ether oxygens (including phenoxy) is 2. The van der Waals surface area contributed by atoms with Gasteiger partial charge < -0.3 is 19.5 Å². The normalized spacial score (nSPS) is 16.7. The van der Waals surface area contributed by atoms with Crippen LogP contribution in [0.4, 0.5) is 5.69 Å². The monoisotopic (exact) mass is 313 g/mol. The molecule has 5 nitrogen and oxygen atoms in total. The molecule has 0 saturated heterocycles. The first kappa shape index (κ1) is 15.4. The van der Waals surface area contributed by atoms with E-state index in [9.17, 15) is 9.90 Å². The molecular formula is C18H19NO4. The highest BCUT2D eigenvalue weighted by atomic mass is 16.5. The van der Waals surface area contributed by atoms with E-state index >= 15 is 0 Å². The Morgan fingerprint density at radius 3 is 2.43 bits per heavy atom. The minimum atomic E-state index is -0.532. The molecule has 23 heavy (non-hydrogen) atoms. The standard InChI is InChI=1S/C18H19NO4/c1-22-13-9-12(10-14(11-13)23-2)18(21)19-8-7-17(20)15-5-3-4-6-16(15)19/h3-6,9-11,17,20H,7-8H2,1-2H3. The summed E-state index contributed by atoms with van der Waals surface area (Å²) in [6.45, 7) is 0.469. The van der Waals surface area contributed by atoms with E-state index in [-0.39, 0.29) is 5.91 Å². The summed E-state index contributed by atoms with van der Waals surface area (Å²) < 4.78 is 10.5. The molecule has 0 fully saturated rings. The average molecular weight is 313 g/mol. The van der Waals surface area contributed by atoms with Crippen LogP contribution in [0, 0.1) is 0 Å². The SMILES string of the molecule is COc1cc(OC)cc(C(=O)N2CCC(O)c3ccccc32)c1. The Morgan fingerprint density at radius 2 is 1.78 bits per heavy atom. The molecule has 0 saturated carbocycles. The van der Waals surface area contributed by atoms with E-state index in [0.29, 0.717) is 30.0 Å². The minimum Gasteiger partial charge on any atom is -0.497 e. The number of hydrogen-bond acceptors (Lipinski definition) is 4. The lowest BCUT2D eigenvalue weighted by molar-refractivity contribution is 0.0970. The molecule has 120 valence electrons. The molecule has 0 aliphatic carbocycles. The van der Waals surface area contributed by atoms with Crippen LogP contribution in [0.1, 0.15) is 28.4 Å². The summed E-state index contributed by atoms with van der Waals surface area (Å²) in [5.74, 6) is 0.998. The second-order valence-corrected chi connectivity index (χ2v) is 5.42. The van der Waals surface area contributed by atoms with Gasteiger partial charge in [-0.2, -0.15) is 0 Å². The molecule has 5 heteroatoms. The molecule has 0 spiro atoms. The van der Waals surface area contributed by atoms with Gasteiger partial charge >= 0.3 is 0 Å². The highest BCUT2D eigenvalue weighted by Gasteiger charge is 2.28. The maximum Gasteiger partial charge on any atom is 0.258 e. The maximum atomic E-state index is 12.9. The van der Waals surface area contributed by atoms with E-state index in [1.165, 1.54) is 0 Å². The largest absolute Gasteiger partial charge is 0.497 e. The molecule has 1 heterocycles. The number of amides is 1. The van der Waals surface area contributed by atoms with Crippen molar-refractivity contribution in [2.45, 2.75) is 12.5 Å². The first-order chi connectivity index (χ1) is 11.1. The summed E-state index contributed by atoms with van der Waals surface area (Å²) in [5, 5.41) is 10.1. The van der Waals surface area contributed by atoms with Gasteiger partial charge in [0.05, 0.1) is 20.3 Å². The van der Waals surface area contributed by atoms with Crippen molar-refractivity contribution in [1.29, 1.82) is 0 Å². The Labute approximate surface area is 135 Å². The van der Waals surface area contributed by atoms with E-state index in [4.69, 9.17) is 9.47 Å². The molecule has 1 aliphatic heterocycles. The van der Waals surface area contributed by atoms with Crippen LogP contribution in [-0.4, -0.2) is 31.8 Å². The van der Waals surface area contributed by atoms with E-state index in [0.717, 1.165) is 11.3 Å². The van der Waals surface area contributed by atoms with Crippen molar-refractivity contribution in [2.24, 2.45) is 0 Å². The quantitative estimate of drug-likeness (QED) is 0.946. The van der Waals surface area contributed by atoms with Crippen molar-refractivity contribution in [2.75, 3.05) is 25.7 Å². The van der Waals surface area contributed by atoms with E-state index < -0.39 is 6.10 Å². The molecule has 0 aromatic heterocycles. The second-order valence-electron chi connectivity index (χ2n) is 5.42. The zero-order valence-corrected chi connectivity index (χ0v) is 13.2. The van der Waals surface area contributed by atoms with Crippen LogP contribution < -0.4 is 14.4 Å². The molecule has 1 amide bonds. The van der Waals surface area contributed by atoms with Gasteiger partial charge in [0.25, 0.3) is 5.91 Å². The number of rotatable bonds is 3. The predicted molar refractivity (Wildman–Crippen MR) is 87.2 cm³/mol. The zero-order valence-electron chi connectivity index (χ0n) is 13.2. The maximum absolute atomic E-state index is 12.9. The van der Waals surface area contributed by atoms with Gasteiger partial charge in [-0.15, -0.1) is 0 Å². The zero-order chi connectivity index (χ0) is 16.4. The van der Waals surface area contributed by atoms with Gasteiger partial charge in [0.15, 0.2) is 0 Å². The van der Waals surface area contributed by atoms with Gasteiger partial charge in [-0.05, 0) is 24.6 Å². The Bertz CT molecular complexity index is 706. The number of nitrogens with zero attached hydrogens (tertiary/aromatic N) is 1. The number of benzene rings is 2. The van der Waals surface area contributed by atoms with Crippen molar-refractivity contribution in [1.82, 2.24) is 0 Å². The molecule has 0 radical (unpaired) electrons.